The number of sulfonamides is 1. The second-order valence-corrected chi connectivity index (χ2v) is 8.56. The van der Waals surface area contributed by atoms with Gasteiger partial charge in [0.2, 0.25) is 10.0 Å². The molecule has 1 aromatic heterocycles. The van der Waals surface area contributed by atoms with Crippen molar-refractivity contribution in [2.75, 3.05) is 17.1 Å². The maximum absolute atomic E-state index is 12.1. The van der Waals surface area contributed by atoms with E-state index in [0.29, 0.717) is 15.9 Å². The fraction of sp³-hybridized carbons (Fsp3) is 0.133. The molecule has 24 heavy (non-hydrogen) atoms. The summed E-state index contributed by atoms with van der Waals surface area (Å²) in [5.74, 6) is -0.506. The molecule has 0 aliphatic carbocycles. The monoisotopic (exact) mass is 429 g/mol. The van der Waals surface area contributed by atoms with Crippen molar-refractivity contribution in [3.05, 3.63) is 57.7 Å². The van der Waals surface area contributed by atoms with E-state index in [1.807, 2.05) is 17.5 Å². The first-order valence-corrected chi connectivity index (χ1v) is 10.3. The van der Waals surface area contributed by atoms with E-state index in [9.17, 15) is 13.2 Å². The van der Waals surface area contributed by atoms with Crippen LogP contribution in [-0.2, 0) is 14.8 Å². The van der Waals surface area contributed by atoms with Crippen molar-refractivity contribution in [3.8, 4) is 0 Å². The van der Waals surface area contributed by atoms with E-state index >= 15 is 0 Å². The van der Waals surface area contributed by atoms with E-state index in [1.165, 1.54) is 11.3 Å². The van der Waals surface area contributed by atoms with Crippen LogP contribution in [-0.4, -0.2) is 27.1 Å². The number of para-hydroxylation sites is 1. The second kappa shape index (κ2) is 7.82. The molecule has 128 valence electrons. The molecule has 1 aromatic carbocycles. The third kappa shape index (κ3) is 4.83. The van der Waals surface area contributed by atoms with Gasteiger partial charge in [-0.1, -0.05) is 24.8 Å². The van der Waals surface area contributed by atoms with E-state index in [2.05, 4.69) is 33.4 Å². The SMILES string of the molecule is C=C(NNC(=O)CN(c1ccccc1Br)S(C)(=O)=O)c1cccs1. The summed E-state index contributed by atoms with van der Waals surface area (Å²) >= 11 is 4.78. The molecule has 1 amide bonds. The number of hydrogen-bond acceptors (Lipinski definition) is 5. The molecule has 0 saturated heterocycles. The Balaban J connectivity index is 2.06. The number of halogens is 1. The molecule has 2 N–H and O–H groups in total. The van der Waals surface area contributed by atoms with Gasteiger partial charge in [-0.15, -0.1) is 11.3 Å². The molecule has 1 heterocycles. The number of carbonyl (C=O) groups is 1. The van der Waals surface area contributed by atoms with E-state index in [4.69, 9.17) is 0 Å². The number of amides is 1. The van der Waals surface area contributed by atoms with Gasteiger partial charge in [-0.05, 0) is 39.5 Å². The number of nitrogens with zero attached hydrogens (tertiary/aromatic N) is 1. The first-order valence-electron chi connectivity index (χ1n) is 6.79. The normalized spacial score (nSPS) is 10.9. The molecule has 9 heteroatoms. The summed E-state index contributed by atoms with van der Waals surface area (Å²) in [6, 6.07) is 10.5. The zero-order valence-corrected chi connectivity index (χ0v) is 16.0. The summed E-state index contributed by atoms with van der Waals surface area (Å²) < 4.78 is 25.7. The summed E-state index contributed by atoms with van der Waals surface area (Å²) in [4.78, 5) is 13.0. The number of hydrogen-bond donors (Lipinski definition) is 2. The maximum atomic E-state index is 12.1. The number of benzene rings is 1. The minimum Gasteiger partial charge on any atom is -0.298 e. The van der Waals surface area contributed by atoms with Gasteiger partial charge in [0.25, 0.3) is 5.91 Å². The van der Waals surface area contributed by atoms with Crippen LogP contribution in [0.2, 0.25) is 0 Å². The smallest absolute Gasteiger partial charge is 0.259 e. The van der Waals surface area contributed by atoms with Gasteiger partial charge in [-0.25, -0.2) is 8.42 Å². The lowest BCUT2D eigenvalue weighted by Gasteiger charge is -2.23. The molecule has 6 nitrogen and oxygen atoms in total. The van der Waals surface area contributed by atoms with Crippen molar-refractivity contribution in [2.45, 2.75) is 0 Å². The predicted molar refractivity (Wildman–Crippen MR) is 101 cm³/mol. The third-order valence-corrected chi connectivity index (χ3v) is 5.71. The summed E-state index contributed by atoms with van der Waals surface area (Å²) in [6.45, 7) is 3.46. The molecule has 0 spiro atoms. The molecule has 0 fully saturated rings. The quantitative estimate of drug-likeness (QED) is 0.662. The molecule has 0 radical (unpaired) electrons. The maximum Gasteiger partial charge on any atom is 0.259 e. The van der Waals surface area contributed by atoms with Gasteiger partial charge in [0.15, 0.2) is 0 Å². The van der Waals surface area contributed by atoms with Crippen molar-refractivity contribution < 1.29 is 13.2 Å². The Morgan fingerprint density at radius 1 is 1.25 bits per heavy atom. The minimum absolute atomic E-state index is 0.355. The number of hydrazine groups is 1. The highest BCUT2D eigenvalue weighted by molar-refractivity contribution is 9.10. The fourth-order valence-electron chi connectivity index (χ4n) is 1.86. The first kappa shape index (κ1) is 18.5. The number of rotatable bonds is 7. The second-order valence-electron chi connectivity index (χ2n) is 4.85. The fourth-order valence-corrected chi connectivity index (χ4v) is 4.00. The first-order chi connectivity index (χ1) is 11.3. The Labute approximate surface area is 153 Å². The van der Waals surface area contributed by atoms with Crippen LogP contribution in [0.5, 0.6) is 0 Å². The van der Waals surface area contributed by atoms with Crippen LogP contribution in [0.1, 0.15) is 4.88 Å². The largest absolute Gasteiger partial charge is 0.298 e. The van der Waals surface area contributed by atoms with E-state index in [-0.39, 0.29) is 6.54 Å². The molecule has 2 aromatic rings. The zero-order chi connectivity index (χ0) is 17.7. The molecule has 0 bridgehead atoms. The van der Waals surface area contributed by atoms with Crippen LogP contribution >= 0.6 is 27.3 Å². The van der Waals surface area contributed by atoms with Crippen LogP contribution in [0.25, 0.3) is 5.70 Å². The van der Waals surface area contributed by atoms with Crippen molar-refractivity contribution in [2.24, 2.45) is 0 Å². The van der Waals surface area contributed by atoms with Crippen molar-refractivity contribution >= 4 is 54.6 Å². The van der Waals surface area contributed by atoms with Crippen LogP contribution < -0.4 is 15.2 Å². The standard InChI is InChI=1S/C15H16BrN3O3S2/c1-11(14-8-5-9-23-14)17-18-15(20)10-19(24(2,21)22)13-7-4-3-6-12(13)16/h3-9,17H,1,10H2,2H3,(H,18,20). The number of thiophene rings is 1. The summed E-state index contributed by atoms with van der Waals surface area (Å²) in [5.41, 5.74) is 6.08. The van der Waals surface area contributed by atoms with Crippen molar-refractivity contribution in [1.82, 2.24) is 10.9 Å². The number of anilines is 1. The van der Waals surface area contributed by atoms with Gasteiger partial charge >= 0.3 is 0 Å². The van der Waals surface area contributed by atoms with Gasteiger partial charge in [-0.3, -0.25) is 20.0 Å². The third-order valence-electron chi connectivity index (χ3n) is 2.98. The van der Waals surface area contributed by atoms with Gasteiger partial charge in [0, 0.05) is 4.47 Å². The topological polar surface area (TPSA) is 78.5 Å². The lowest BCUT2D eigenvalue weighted by molar-refractivity contribution is -0.120. The summed E-state index contributed by atoms with van der Waals surface area (Å²) in [7, 11) is -3.62. The Hall–Kier alpha value is -1.84. The molecule has 0 saturated carbocycles. The van der Waals surface area contributed by atoms with E-state index in [0.717, 1.165) is 15.4 Å². The molecular weight excluding hydrogens is 414 g/mol. The van der Waals surface area contributed by atoms with Crippen LogP contribution in [0.4, 0.5) is 5.69 Å². The molecule has 0 aliphatic heterocycles. The Kier molecular flexibility index (Phi) is 6.03. The average molecular weight is 430 g/mol. The lowest BCUT2D eigenvalue weighted by atomic mass is 10.3. The zero-order valence-electron chi connectivity index (χ0n) is 12.8. The number of nitrogens with one attached hydrogen (secondary N) is 2. The highest BCUT2D eigenvalue weighted by Crippen LogP contribution is 2.27. The van der Waals surface area contributed by atoms with Gasteiger partial charge < -0.3 is 0 Å². The van der Waals surface area contributed by atoms with E-state index < -0.39 is 15.9 Å². The minimum atomic E-state index is -3.62. The van der Waals surface area contributed by atoms with Gasteiger partial charge in [0.1, 0.15) is 6.54 Å². The molecular formula is C15H16BrN3O3S2. The highest BCUT2D eigenvalue weighted by Gasteiger charge is 2.22. The van der Waals surface area contributed by atoms with Crippen LogP contribution in [0, 0.1) is 0 Å². The molecule has 0 atom stereocenters. The van der Waals surface area contributed by atoms with Gasteiger partial charge in [0.05, 0.1) is 22.5 Å². The number of carbonyl (C=O) groups excluding carboxylic acids is 1. The molecule has 0 aliphatic rings. The van der Waals surface area contributed by atoms with E-state index in [1.54, 1.807) is 24.3 Å². The Morgan fingerprint density at radius 3 is 2.54 bits per heavy atom. The van der Waals surface area contributed by atoms with Gasteiger partial charge in [-0.2, -0.15) is 0 Å². The lowest BCUT2D eigenvalue weighted by Crippen LogP contribution is -2.44. The average Bonchev–Trinajstić information content (AvgIpc) is 3.04. The molecule has 0 unspecified atom stereocenters. The van der Waals surface area contributed by atoms with Crippen LogP contribution in [0.15, 0.2) is 52.8 Å². The summed E-state index contributed by atoms with van der Waals surface area (Å²) in [6.07, 6.45) is 1.05. The van der Waals surface area contributed by atoms with Crippen LogP contribution in [0.3, 0.4) is 0 Å². The van der Waals surface area contributed by atoms with Crippen molar-refractivity contribution in [1.29, 1.82) is 0 Å². The predicted octanol–water partition coefficient (Wildman–Crippen LogP) is 2.57. The highest BCUT2D eigenvalue weighted by atomic mass is 79.9. The Morgan fingerprint density at radius 2 is 1.96 bits per heavy atom. The summed E-state index contributed by atoms with van der Waals surface area (Å²) in [5, 5.41) is 1.89. The molecule has 2 rings (SSSR count). The van der Waals surface area contributed by atoms with Crippen molar-refractivity contribution in [3.63, 3.8) is 0 Å². The Bertz CT molecular complexity index is 835.